The third-order valence-electron chi connectivity index (χ3n) is 3.45. The fourth-order valence-electron chi connectivity index (χ4n) is 2.14. The molecule has 1 saturated carbocycles. The molecule has 3 rings (SSSR count). The molecule has 8 heteroatoms. The lowest BCUT2D eigenvalue weighted by molar-refractivity contribution is -0.380. The van der Waals surface area contributed by atoms with E-state index in [4.69, 9.17) is 5.73 Å². The van der Waals surface area contributed by atoms with Crippen molar-refractivity contribution in [2.45, 2.75) is 24.8 Å². The highest BCUT2D eigenvalue weighted by atomic mass is 32.1. The average molecular weight is 279 g/mol. The zero-order valence-corrected chi connectivity index (χ0v) is 10.9. The van der Waals surface area contributed by atoms with Crippen LogP contribution < -0.4 is 11.1 Å². The molecule has 0 spiro atoms. The molecule has 0 aliphatic heterocycles. The van der Waals surface area contributed by atoms with E-state index in [1.807, 2.05) is 0 Å². The van der Waals surface area contributed by atoms with Gasteiger partial charge in [-0.15, -0.1) is 0 Å². The van der Waals surface area contributed by atoms with Crippen LogP contribution in [0.25, 0.3) is 10.2 Å². The van der Waals surface area contributed by atoms with E-state index in [-0.39, 0.29) is 10.5 Å². The van der Waals surface area contributed by atoms with E-state index in [0.29, 0.717) is 22.6 Å². The van der Waals surface area contributed by atoms with Gasteiger partial charge < -0.3 is 11.1 Å². The van der Waals surface area contributed by atoms with Crippen molar-refractivity contribution in [3.8, 4) is 0 Å². The van der Waals surface area contributed by atoms with Gasteiger partial charge in [-0.3, -0.25) is 10.1 Å². The van der Waals surface area contributed by atoms with Crippen LogP contribution in [0.5, 0.6) is 0 Å². The minimum absolute atomic E-state index is 0.0738. The molecule has 0 bridgehead atoms. The summed E-state index contributed by atoms with van der Waals surface area (Å²) in [6.45, 7) is 0.628. The quantitative estimate of drug-likeness (QED) is 0.653. The first-order valence-corrected chi connectivity index (χ1v) is 6.81. The standard InChI is InChI=1S/C11H13N5O2S/c12-11(2-1-3-11)5-13-9-7-4-8(16(17)18)19-10(7)15-6-14-9/h4,6H,1-3,5,12H2,(H,13,14,15). The highest BCUT2D eigenvalue weighted by Gasteiger charge is 2.32. The van der Waals surface area contributed by atoms with Gasteiger partial charge in [-0.2, -0.15) is 0 Å². The van der Waals surface area contributed by atoms with Gasteiger partial charge >= 0.3 is 5.00 Å². The second kappa shape index (κ2) is 4.39. The Labute approximate surface area is 113 Å². The van der Waals surface area contributed by atoms with Crippen molar-refractivity contribution < 1.29 is 4.92 Å². The Hall–Kier alpha value is -1.80. The van der Waals surface area contributed by atoms with Gasteiger partial charge in [0.05, 0.1) is 10.3 Å². The lowest BCUT2D eigenvalue weighted by Gasteiger charge is -2.38. The van der Waals surface area contributed by atoms with Gasteiger partial charge in [0.1, 0.15) is 17.0 Å². The number of rotatable bonds is 4. The predicted octanol–water partition coefficient (Wildman–Crippen LogP) is 1.89. The SMILES string of the molecule is NC1(CNc2ncnc3sc([N+](=O)[O-])cc23)CCC1. The number of nitrogens with zero attached hydrogens (tertiary/aromatic N) is 3. The molecule has 2 aromatic heterocycles. The van der Waals surface area contributed by atoms with Gasteiger partial charge in [-0.25, -0.2) is 9.97 Å². The minimum Gasteiger partial charge on any atom is -0.368 e. The van der Waals surface area contributed by atoms with E-state index in [0.717, 1.165) is 30.6 Å². The molecule has 19 heavy (non-hydrogen) atoms. The van der Waals surface area contributed by atoms with E-state index in [1.165, 1.54) is 12.4 Å². The Balaban J connectivity index is 1.88. The summed E-state index contributed by atoms with van der Waals surface area (Å²) in [6.07, 6.45) is 4.56. The molecule has 0 atom stereocenters. The lowest BCUT2D eigenvalue weighted by atomic mass is 9.78. The molecule has 100 valence electrons. The minimum atomic E-state index is -0.410. The number of anilines is 1. The third kappa shape index (κ3) is 2.24. The maximum absolute atomic E-state index is 10.8. The number of thiophene rings is 1. The summed E-state index contributed by atoms with van der Waals surface area (Å²) in [5.41, 5.74) is 5.97. The summed E-state index contributed by atoms with van der Waals surface area (Å²) in [7, 11) is 0. The Morgan fingerprint density at radius 3 is 2.95 bits per heavy atom. The maximum atomic E-state index is 10.8. The van der Waals surface area contributed by atoms with Crippen LogP contribution >= 0.6 is 11.3 Å². The lowest BCUT2D eigenvalue weighted by Crippen LogP contribution is -2.52. The summed E-state index contributed by atoms with van der Waals surface area (Å²) >= 11 is 1.05. The molecule has 0 unspecified atom stereocenters. The van der Waals surface area contributed by atoms with E-state index in [2.05, 4.69) is 15.3 Å². The van der Waals surface area contributed by atoms with E-state index in [1.54, 1.807) is 0 Å². The zero-order valence-electron chi connectivity index (χ0n) is 10.1. The summed E-state index contributed by atoms with van der Waals surface area (Å²) in [5.74, 6) is 0.617. The second-order valence-corrected chi connectivity index (χ2v) is 5.86. The summed E-state index contributed by atoms with van der Waals surface area (Å²) < 4.78 is 0. The highest BCUT2D eigenvalue weighted by Crippen LogP contribution is 2.34. The second-order valence-electron chi connectivity index (χ2n) is 4.85. The van der Waals surface area contributed by atoms with Gasteiger partial charge in [0.2, 0.25) is 0 Å². The molecule has 2 heterocycles. The normalized spacial score (nSPS) is 17.1. The van der Waals surface area contributed by atoms with Crippen LogP contribution in [0.1, 0.15) is 19.3 Å². The van der Waals surface area contributed by atoms with Crippen molar-refractivity contribution >= 4 is 32.4 Å². The van der Waals surface area contributed by atoms with Crippen molar-refractivity contribution in [1.29, 1.82) is 0 Å². The topological polar surface area (TPSA) is 107 Å². The molecular weight excluding hydrogens is 266 g/mol. The molecule has 3 N–H and O–H groups in total. The van der Waals surface area contributed by atoms with E-state index < -0.39 is 4.92 Å². The largest absolute Gasteiger partial charge is 0.368 e. The van der Waals surface area contributed by atoms with E-state index >= 15 is 0 Å². The number of nitrogens with two attached hydrogens (primary N) is 1. The van der Waals surface area contributed by atoms with Gasteiger partial charge in [0.15, 0.2) is 0 Å². The summed E-state index contributed by atoms with van der Waals surface area (Å²) in [6, 6.07) is 1.51. The van der Waals surface area contributed by atoms with Crippen LogP contribution in [-0.4, -0.2) is 27.0 Å². The van der Waals surface area contributed by atoms with Gasteiger partial charge in [-0.1, -0.05) is 0 Å². The molecule has 0 radical (unpaired) electrons. The van der Waals surface area contributed by atoms with E-state index in [9.17, 15) is 10.1 Å². The van der Waals surface area contributed by atoms with Crippen molar-refractivity contribution in [2.24, 2.45) is 5.73 Å². The summed E-state index contributed by atoms with van der Waals surface area (Å²) in [5, 5.41) is 14.7. The molecule has 1 fully saturated rings. The molecule has 0 aromatic carbocycles. The van der Waals surface area contributed by atoms with Gasteiger partial charge in [-0.05, 0) is 30.6 Å². The van der Waals surface area contributed by atoms with Crippen LogP contribution in [0.15, 0.2) is 12.4 Å². The first-order valence-electron chi connectivity index (χ1n) is 5.99. The predicted molar refractivity (Wildman–Crippen MR) is 73.3 cm³/mol. The molecule has 0 amide bonds. The van der Waals surface area contributed by atoms with Gasteiger partial charge in [0.25, 0.3) is 0 Å². The molecule has 7 nitrogen and oxygen atoms in total. The van der Waals surface area contributed by atoms with Crippen molar-refractivity contribution in [3.63, 3.8) is 0 Å². The fraction of sp³-hybridized carbons (Fsp3) is 0.455. The highest BCUT2D eigenvalue weighted by molar-refractivity contribution is 7.21. The van der Waals surface area contributed by atoms with Crippen LogP contribution in [0.2, 0.25) is 0 Å². The monoisotopic (exact) mass is 279 g/mol. The van der Waals surface area contributed by atoms with Crippen LogP contribution in [0, 0.1) is 10.1 Å². The van der Waals surface area contributed by atoms with Crippen LogP contribution in [-0.2, 0) is 0 Å². The first kappa shape index (κ1) is 12.2. The van der Waals surface area contributed by atoms with Crippen LogP contribution in [0.3, 0.4) is 0 Å². The maximum Gasteiger partial charge on any atom is 0.326 e. The Morgan fingerprint density at radius 2 is 2.32 bits per heavy atom. The summed E-state index contributed by atoms with van der Waals surface area (Å²) in [4.78, 5) is 19.2. The molecule has 1 aliphatic carbocycles. The van der Waals surface area contributed by atoms with Crippen molar-refractivity contribution in [2.75, 3.05) is 11.9 Å². The Bertz CT molecular complexity index is 637. The number of hydrogen-bond donors (Lipinski definition) is 2. The number of nitro groups is 1. The van der Waals surface area contributed by atoms with Crippen LogP contribution in [0.4, 0.5) is 10.8 Å². The fourth-order valence-corrected chi connectivity index (χ4v) is 2.96. The number of aromatic nitrogens is 2. The molecule has 2 aromatic rings. The van der Waals surface area contributed by atoms with Gasteiger partial charge in [0, 0.05) is 18.2 Å². The number of nitrogens with one attached hydrogen (secondary N) is 1. The third-order valence-corrected chi connectivity index (χ3v) is 4.45. The molecule has 1 aliphatic rings. The smallest absolute Gasteiger partial charge is 0.326 e. The van der Waals surface area contributed by atoms with Crippen molar-refractivity contribution in [3.05, 3.63) is 22.5 Å². The molecular formula is C11H13N5O2S. The Morgan fingerprint density at radius 1 is 1.53 bits per heavy atom. The molecule has 0 saturated heterocycles. The average Bonchev–Trinajstić information content (AvgIpc) is 2.78. The number of hydrogen-bond acceptors (Lipinski definition) is 7. The zero-order chi connectivity index (χ0) is 13.5. The Kier molecular flexibility index (Phi) is 2.83. The first-order chi connectivity index (χ1) is 9.07. The van der Waals surface area contributed by atoms with Crippen molar-refractivity contribution in [1.82, 2.24) is 9.97 Å². The number of fused-ring (bicyclic) bond motifs is 1.